The van der Waals surface area contributed by atoms with Crippen molar-refractivity contribution in [1.29, 1.82) is 0 Å². The molecule has 1 saturated heterocycles. The van der Waals surface area contributed by atoms with Gasteiger partial charge in [-0.15, -0.1) is 0 Å². The number of hydrogen-bond donors (Lipinski definition) is 2. The number of aryl methyl sites for hydroxylation is 1. The highest BCUT2D eigenvalue weighted by Gasteiger charge is 2.30. The molecule has 0 radical (unpaired) electrons. The summed E-state index contributed by atoms with van der Waals surface area (Å²) >= 11 is 0. The molecule has 5 rings (SSSR count). The molecule has 45 heavy (non-hydrogen) atoms. The first-order chi connectivity index (χ1) is 21.3. The number of fused-ring (bicyclic) bond motifs is 1. The number of anilines is 1. The highest BCUT2D eigenvalue weighted by molar-refractivity contribution is 6.08. The molecule has 1 amide bonds. The summed E-state index contributed by atoms with van der Waals surface area (Å²) < 4.78 is 27.0. The quantitative estimate of drug-likeness (QED) is 0.264. The number of alkyl carbamates (subject to hydrolysis) is 1. The Bertz CT molecular complexity index is 1780. The van der Waals surface area contributed by atoms with E-state index < -0.39 is 29.3 Å². The molecule has 0 saturated carbocycles. The number of aromatic nitrogens is 4. The predicted molar refractivity (Wildman–Crippen MR) is 164 cm³/mol. The monoisotopic (exact) mass is 618 g/mol. The molecule has 236 valence electrons. The van der Waals surface area contributed by atoms with Crippen LogP contribution >= 0.6 is 0 Å². The number of amides is 1. The lowest BCUT2D eigenvalue weighted by atomic mass is 9.95. The first-order valence-electron chi connectivity index (χ1n) is 14.5. The van der Waals surface area contributed by atoms with Crippen LogP contribution in [0.25, 0.3) is 22.3 Å². The fraction of sp³-hybridized carbons (Fsp3) is 0.375. The molecule has 2 aromatic heterocycles. The van der Waals surface area contributed by atoms with Crippen molar-refractivity contribution in [3.05, 3.63) is 65.4 Å². The second kappa shape index (κ2) is 12.5. The summed E-state index contributed by atoms with van der Waals surface area (Å²) in [7, 11) is 3.10. The van der Waals surface area contributed by atoms with Crippen LogP contribution < -0.4 is 15.0 Å². The van der Waals surface area contributed by atoms with Crippen LogP contribution in [0.4, 0.5) is 14.9 Å². The summed E-state index contributed by atoms with van der Waals surface area (Å²) in [6.45, 7) is 6.38. The Morgan fingerprint density at radius 3 is 2.69 bits per heavy atom. The summed E-state index contributed by atoms with van der Waals surface area (Å²) in [5.41, 5.74) is 0.751. The van der Waals surface area contributed by atoms with Gasteiger partial charge in [0, 0.05) is 50.4 Å². The minimum atomic E-state index is -1.18. The third-order valence-electron chi connectivity index (χ3n) is 7.36. The van der Waals surface area contributed by atoms with Gasteiger partial charge in [0.05, 0.1) is 23.9 Å². The first-order valence-corrected chi connectivity index (χ1v) is 14.5. The average Bonchev–Trinajstić information content (AvgIpc) is 3.36. The van der Waals surface area contributed by atoms with Crippen molar-refractivity contribution in [2.45, 2.75) is 51.7 Å². The van der Waals surface area contributed by atoms with Crippen molar-refractivity contribution in [1.82, 2.24) is 25.1 Å². The normalized spacial score (nSPS) is 15.2. The summed E-state index contributed by atoms with van der Waals surface area (Å²) in [5, 5.41) is 18.0. The van der Waals surface area contributed by atoms with E-state index in [-0.39, 0.29) is 46.4 Å². The zero-order chi connectivity index (χ0) is 32.5. The largest absolute Gasteiger partial charge is 0.496 e. The molecule has 0 bridgehead atoms. The highest BCUT2D eigenvalue weighted by atomic mass is 19.1. The van der Waals surface area contributed by atoms with Gasteiger partial charge in [-0.1, -0.05) is 6.07 Å². The molecule has 4 aromatic rings. The van der Waals surface area contributed by atoms with Crippen LogP contribution in [0.1, 0.15) is 60.0 Å². The van der Waals surface area contributed by atoms with Crippen molar-refractivity contribution >= 4 is 34.4 Å². The lowest BCUT2D eigenvalue weighted by molar-refractivity contribution is 0.0499. The van der Waals surface area contributed by atoms with Crippen LogP contribution in [-0.4, -0.2) is 74.5 Å². The molecule has 0 spiro atoms. The number of rotatable bonds is 8. The van der Waals surface area contributed by atoms with Gasteiger partial charge >= 0.3 is 12.1 Å². The van der Waals surface area contributed by atoms with E-state index in [0.717, 1.165) is 12.8 Å². The van der Waals surface area contributed by atoms with Crippen LogP contribution in [0, 0.1) is 5.82 Å². The average molecular weight is 619 g/mol. The van der Waals surface area contributed by atoms with Crippen molar-refractivity contribution in [2.75, 3.05) is 25.1 Å². The second-order valence-corrected chi connectivity index (χ2v) is 11.9. The lowest BCUT2D eigenvalue weighted by Crippen LogP contribution is -2.49. The summed E-state index contributed by atoms with van der Waals surface area (Å²) in [4.78, 5) is 49.2. The Labute approximate surface area is 259 Å². The minimum Gasteiger partial charge on any atom is -0.496 e. The molecular formula is C32H35FN6O6. The maximum absolute atomic E-state index is 14.8. The molecule has 12 nitrogen and oxygen atoms in total. The summed E-state index contributed by atoms with van der Waals surface area (Å²) in [6.07, 6.45) is 3.82. The molecule has 2 aromatic carbocycles. The molecule has 1 atom stereocenters. The Hall–Kier alpha value is -5.07. The number of carboxylic acid groups (broad SMARTS) is 1. The molecule has 13 heteroatoms. The molecule has 1 aliphatic rings. The summed E-state index contributed by atoms with van der Waals surface area (Å²) in [6, 6.07) is 6.98. The van der Waals surface area contributed by atoms with E-state index in [1.54, 1.807) is 40.1 Å². The number of nitrogens with one attached hydrogen (secondary N) is 1. The number of ether oxygens (including phenoxy) is 2. The van der Waals surface area contributed by atoms with Gasteiger partial charge in [-0.3, -0.25) is 9.48 Å². The Balaban J connectivity index is 1.53. The number of piperidine rings is 1. The Morgan fingerprint density at radius 2 is 1.98 bits per heavy atom. The maximum atomic E-state index is 14.8. The van der Waals surface area contributed by atoms with Gasteiger partial charge in [0.25, 0.3) is 0 Å². The van der Waals surface area contributed by atoms with Gasteiger partial charge in [0.2, 0.25) is 0 Å². The van der Waals surface area contributed by atoms with Crippen molar-refractivity contribution in [3.63, 3.8) is 0 Å². The predicted octanol–water partition coefficient (Wildman–Crippen LogP) is 4.80. The molecule has 0 aliphatic carbocycles. The van der Waals surface area contributed by atoms with E-state index in [1.165, 1.54) is 42.3 Å². The number of hydrogen-bond acceptors (Lipinski definition) is 9. The third-order valence-corrected chi connectivity index (χ3v) is 7.36. The molecule has 1 aliphatic heterocycles. The standard InChI is InChI=1S/C32H35FN6O6/c1-32(2,3)45-31(43)35-19-8-7-13-39(16-19)28-18(14-20(30(41)42)27-21(28)17-38(4)37-27)15-24(40)23-11-12-34-29(36-23)26-22(33)9-6-10-25(26)44-5/h6,9-12,14,17,19H,7-8,13,15-16H2,1-5H3,(H,35,43)(H,41,42)/t19-/m1/s1. The van der Waals surface area contributed by atoms with E-state index in [2.05, 4.69) is 20.4 Å². The van der Waals surface area contributed by atoms with Gasteiger partial charge in [-0.2, -0.15) is 5.10 Å². The Kier molecular flexibility index (Phi) is 8.71. The number of Topliss-reactive ketones (excluding diaryl/α,β-unsaturated/α-hetero) is 1. The second-order valence-electron chi connectivity index (χ2n) is 11.9. The van der Waals surface area contributed by atoms with Crippen LogP contribution in [-0.2, 0) is 18.2 Å². The smallest absolute Gasteiger partial charge is 0.407 e. The zero-order valence-electron chi connectivity index (χ0n) is 25.8. The Morgan fingerprint density at radius 1 is 1.20 bits per heavy atom. The molecule has 1 fully saturated rings. The number of aromatic carboxylic acids is 1. The minimum absolute atomic E-state index is 0.0166. The molecular weight excluding hydrogens is 583 g/mol. The van der Waals surface area contributed by atoms with E-state index in [0.29, 0.717) is 29.7 Å². The molecule has 3 heterocycles. The van der Waals surface area contributed by atoms with Crippen molar-refractivity contribution < 1.29 is 33.4 Å². The van der Waals surface area contributed by atoms with Crippen LogP contribution in [0.2, 0.25) is 0 Å². The number of nitrogens with zero attached hydrogens (tertiary/aromatic N) is 5. The third kappa shape index (κ3) is 6.87. The SMILES string of the molecule is COc1cccc(F)c1-c1nccc(C(=O)Cc2cc(C(=O)O)c3nn(C)cc3c2N2CCC[C@@H](NC(=O)OC(C)(C)C)C2)n1. The number of carbonyl (C=O) groups is 3. The van der Waals surface area contributed by atoms with Gasteiger partial charge in [0.15, 0.2) is 11.6 Å². The zero-order valence-corrected chi connectivity index (χ0v) is 25.8. The topological polar surface area (TPSA) is 149 Å². The fourth-order valence-electron chi connectivity index (χ4n) is 5.58. The number of carbonyl (C=O) groups excluding carboxylic acids is 2. The first kappa shape index (κ1) is 31.4. The highest BCUT2D eigenvalue weighted by Crippen LogP contribution is 2.36. The van der Waals surface area contributed by atoms with Crippen LogP contribution in [0.15, 0.2) is 42.7 Å². The summed E-state index contributed by atoms with van der Waals surface area (Å²) in [5.74, 6) is -2.01. The number of carboxylic acids is 1. The van der Waals surface area contributed by atoms with Gasteiger partial charge in [0.1, 0.15) is 28.4 Å². The fourth-order valence-corrected chi connectivity index (χ4v) is 5.58. The van der Waals surface area contributed by atoms with E-state index >= 15 is 0 Å². The van der Waals surface area contributed by atoms with Crippen LogP contribution in [0.5, 0.6) is 5.75 Å². The molecule has 2 N–H and O–H groups in total. The molecule has 0 unspecified atom stereocenters. The number of methoxy groups -OCH3 is 1. The van der Waals surface area contributed by atoms with Crippen molar-refractivity contribution in [3.8, 4) is 17.1 Å². The van der Waals surface area contributed by atoms with E-state index in [9.17, 15) is 23.9 Å². The van der Waals surface area contributed by atoms with E-state index in [4.69, 9.17) is 9.47 Å². The van der Waals surface area contributed by atoms with Crippen LogP contribution in [0.3, 0.4) is 0 Å². The number of ketones is 1. The number of halogens is 1. The number of benzene rings is 2. The van der Waals surface area contributed by atoms with Gasteiger partial charge < -0.3 is 24.8 Å². The van der Waals surface area contributed by atoms with Crippen molar-refractivity contribution in [2.24, 2.45) is 7.05 Å². The lowest BCUT2D eigenvalue weighted by Gasteiger charge is -2.36. The van der Waals surface area contributed by atoms with Gasteiger partial charge in [-0.25, -0.2) is 23.9 Å². The van der Waals surface area contributed by atoms with Gasteiger partial charge in [-0.05, 0) is 63.4 Å². The maximum Gasteiger partial charge on any atom is 0.407 e. The van der Waals surface area contributed by atoms with E-state index in [1.807, 2.05) is 4.90 Å².